The predicted octanol–water partition coefficient (Wildman–Crippen LogP) is 1.72. The molecule has 0 aromatic carbocycles. The van der Waals surface area contributed by atoms with Crippen molar-refractivity contribution in [1.29, 1.82) is 0 Å². The summed E-state index contributed by atoms with van der Waals surface area (Å²) >= 11 is 0. The molecule has 0 saturated heterocycles. The van der Waals surface area contributed by atoms with Crippen molar-refractivity contribution in [3.05, 3.63) is 11.6 Å². The van der Waals surface area contributed by atoms with Crippen LogP contribution >= 0.6 is 0 Å². The summed E-state index contributed by atoms with van der Waals surface area (Å²) in [6.07, 6.45) is 1.96. The van der Waals surface area contributed by atoms with Crippen LogP contribution in [-0.2, 0) is 4.79 Å². The van der Waals surface area contributed by atoms with Crippen molar-refractivity contribution in [1.82, 2.24) is 5.32 Å². The topological polar surface area (TPSA) is 29.1 Å². The lowest BCUT2D eigenvalue weighted by atomic mass is 9.94. The Balaban J connectivity index is 4.34. The van der Waals surface area contributed by atoms with E-state index >= 15 is 0 Å². The van der Waals surface area contributed by atoms with Gasteiger partial charge in [-0.05, 0) is 12.3 Å². The minimum absolute atomic E-state index is 0.0000694. The standard InChI is InChI=1S/C9H17NO/c1-7(8(11)10-5)6-9(2,3)4/h6H,1-5H3,(H,10,11). The first kappa shape index (κ1) is 10.2. The highest BCUT2D eigenvalue weighted by Gasteiger charge is 2.09. The van der Waals surface area contributed by atoms with Crippen molar-refractivity contribution in [3.63, 3.8) is 0 Å². The molecule has 0 spiro atoms. The second-order valence-electron chi connectivity index (χ2n) is 3.77. The molecule has 64 valence electrons. The lowest BCUT2D eigenvalue weighted by Crippen LogP contribution is -2.19. The van der Waals surface area contributed by atoms with Gasteiger partial charge < -0.3 is 5.32 Å². The minimum atomic E-state index is -0.0000694. The SMILES string of the molecule is CNC(=O)C(C)=CC(C)(C)C. The number of hydrogen-bond acceptors (Lipinski definition) is 1. The van der Waals surface area contributed by atoms with Gasteiger partial charge in [0.1, 0.15) is 0 Å². The summed E-state index contributed by atoms with van der Waals surface area (Å²) in [5.41, 5.74) is 0.858. The van der Waals surface area contributed by atoms with E-state index in [1.807, 2.05) is 13.0 Å². The van der Waals surface area contributed by atoms with E-state index in [0.717, 1.165) is 5.57 Å². The van der Waals surface area contributed by atoms with Crippen molar-refractivity contribution >= 4 is 5.91 Å². The lowest BCUT2D eigenvalue weighted by Gasteiger charge is -2.13. The third-order valence-corrected chi connectivity index (χ3v) is 1.23. The van der Waals surface area contributed by atoms with E-state index < -0.39 is 0 Å². The summed E-state index contributed by atoms with van der Waals surface area (Å²) < 4.78 is 0. The monoisotopic (exact) mass is 155 g/mol. The summed E-state index contributed by atoms with van der Waals surface area (Å²) in [4.78, 5) is 11.0. The van der Waals surface area contributed by atoms with Crippen LogP contribution in [0.2, 0.25) is 0 Å². The van der Waals surface area contributed by atoms with Gasteiger partial charge in [-0.3, -0.25) is 4.79 Å². The van der Waals surface area contributed by atoms with Crippen LogP contribution in [0, 0.1) is 5.41 Å². The summed E-state index contributed by atoms with van der Waals surface area (Å²) in [7, 11) is 1.64. The Labute approximate surface area is 68.7 Å². The van der Waals surface area contributed by atoms with E-state index in [0.29, 0.717) is 0 Å². The van der Waals surface area contributed by atoms with Gasteiger partial charge in [-0.25, -0.2) is 0 Å². The molecule has 0 aliphatic rings. The normalized spacial score (nSPS) is 13.0. The number of rotatable bonds is 1. The smallest absolute Gasteiger partial charge is 0.246 e. The maximum atomic E-state index is 11.0. The highest BCUT2D eigenvalue weighted by atomic mass is 16.1. The van der Waals surface area contributed by atoms with E-state index in [2.05, 4.69) is 26.1 Å². The molecule has 2 heteroatoms. The zero-order valence-corrected chi connectivity index (χ0v) is 7.99. The molecule has 0 rings (SSSR count). The fourth-order valence-electron chi connectivity index (χ4n) is 0.912. The number of allylic oxidation sites excluding steroid dienone is 1. The molecular formula is C9H17NO. The van der Waals surface area contributed by atoms with E-state index in [9.17, 15) is 4.79 Å². The lowest BCUT2D eigenvalue weighted by molar-refractivity contribution is -0.117. The molecule has 1 amide bonds. The molecule has 0 radical (unpaired) electrons. The van der Waals surface area contributed by atoms with Gasteiger partial charge in [-0.1, -0.05) is 26.8 Å². The summed E-state index contributed by atoms with van der Waals surface area (Å²) in [6.45, 7) is 8.03. The van der Waals surface area contributed by atoms with Crippen LogP contribution in [0.1, 0.15) is 27.7 Å². The van der Waals surface area contributed by atoms with Gasteiger partial charge in [0.25, 0.3) is 0 Å². The van der Waals surface area contributed by atoms with Gasteiger partial charge in [0, 0.05) is 12.6 Å². The number of amides is 1. The Hall–Kier alpha value is -0.790. The van der Waals surface area contributed by atoms with Crippen LogP contribution in [0.5, 0.6) is 0 Å². The first-order chi connectivity index (χ1) is 4.87. The number of hydrogen-bond donors (Lipinski definition) is 1. The molecule has 1 N–H and O–H groups in total. The van der Waals surface area contributed by atoms with Gasteiger partial charge in [-0.15, -0.1) is 0 Å². The third-order valence-electron chi connectivity index (χ3n) is 1.23. The molecule has 2 nitrogen and oxygen atoms in total. The van der Waals surface area contributed by atoms with Crippen LogP contribution in [0.3, 0.4) is 0 Å². The Morgan fingerprint density at radius 2 is 1.82 bits per heavy atom. The Morgan fingerprint density at radius 1 is 1.36 bits per heavy atom. The summed E-state index contributed by atoms with van der Waals surface area (Å²) in [5.74, 6) is -0.0000694. The molecule has 0 saturated carbocycles. The van der Waals surface area contributed by atoms with Crippen LogP contribution in [-0.4, -0.2) is 13.0 Å². The number of nitrogens with one attached hydrogen (secondary N) is 1. The highest BCUT2D eigenvalue weighted by molar-refractivity contribution is 5.92. The Kier molecular flexibility index (Phi) is 3.30. The highest BCUT2D eigenvalue weighted by Crippen LogP contribution is 2.17. The molecule has 0 aliphatic carbocycles. The van der Waals surface area contributed by atoms with E-state index in [1.165, 1.54) is 0 Å². The molecule has 0 heterocycles. The van der Waals surface area contributed by atoms with Crippen molar-refractivity contribution in [2.75, 3.05) is 7.05 Å². The first-order valence-corrected chi connectivity index (χ1v) is 3.78. The molecule has 0 aliphatic heterocycles. The van der Waals surface area contributed by atoms with Gasteiger partial charge in [0.2, 0.25) is 5.91 Å². The molecule has 0 fully saturated rings. The third kappa shape index (κ3) is 4.59. The van der Waals surface area contributed by atoms with Crippen LogP contribution in [0.25, 0.3) is 0 Å². The number of carbonyl (C=O) groups is 1. The Bertz CT molecular complexity index is 174. The van der Waals surface area contributed by atoms with E-state index in [4.69, 9.17) is 0 Å². The summed E-state index contributed by atoms with van der Waals surface area (Å²) in [5, 5.41) is 2.58. The van der Waals surface area contributed by atoms with E-state index in [1.54, 1.807) is 7.05 Å². The maximum absolute atomic E-state index is 11.0. The molecule has 0 unspecified atom stereocenters. The van der Waals surface area contributed by atoms with E-state index in [-0.39, 0.29) is 11.3 Å². The Morgan fingerprint density at radius 3 is 2.09 bits per heavy atom. The second kappa shape index (κ2) is 3.56. The summed E-state index contributed by atoms with van der Waals surface area (Å²) in [6, 6.07) is 0. The fraction of sp³-hybridized carbons (Fsp3) is 0.667. The van der Waals surface area contributed by atoms with Crippen LogP contribution in [0.15, 0.2) is 11.6 Å². The molecule has 0 bridgehead atoms. The maximum Gasteiger partial charge on any atom is 0.246 e. The molecular weight excluding hydrogens is 138 g/mol. The molecule has 11 heavy (non-hydrogen) atoms. The molecule has 0 aromatic heterocycles. The number of carbonyl (C=O) groups excluding carboxylic acids is 1. The van der Waals surface area contributed by atoms with Crippen molar-refractivity contribution in [2.24, 2.45) is 5.41 Å². The van der Waals surface area contributed by atoms with Crippen molar-refractivity contribution < 1.29 is 4.79 Å². The number of likely N-dealkylation sites (N-methyl/N-ethyl adjacent to an activating group) is 1. The molecule has 0 aromatic rings. The van der Waals surface area contributed by atoms with Gasteiger partial charge in [-0.2, -0.15) is 0 Å². The average Bonchev–Trinajstić information content (AvgIpc) is 1.82. The van der Waals surface area contributed by atoms with Crippen molar-refractivity contribution in [3.8, 4) is 0 Å². The zero-order valence-electron chi connectivity index (χ0n) is 7.99. The predicted molar refractivity (Wildman–Crippen MR) is 47.3 cm³/mol. The largest absolute Gasteiger partial charge is 0.355 e. The first-order valence-electron chi connectivity index (χ1n) is 3.78. The van der Waals surface area contributed by atoms with Gasteiger partial charge >= 0.3 is 0 Å². The average molecular weight is 155 g/mol. The van der Waals surface area contributed by atoms with Crippen LogP contribution in [0.4, 0.5) is 0 Å². The van der Waals surface area contributed by atoms with Crippen LogP contribution < -0.4 is 5.32 Å². The second-order valence-corrected chi connectivity index (χ2v) is 3.77. The van der Waals surface area contributed by atoms with Gasteiger partial charge in [0.15, 0.2) is 0 Å². The van der Waals surface area contributed by atoms with Gasteiger partial charge in [0.05, 0.1) is 0 Å². The molecule has 0 atom stereocenters. The van der Waals surface area contributed by atoms with Crippen molar-refractivity contribution in [2.45, 2.75) is 27.7 Å². The zero-order chi connectivity index (χ0) is 9.07. The fourth-order valence-corrected chi connectivity index (χ4v) is 0.912. The quantitative estimate of drug-likeness (QED) is 0.574. The minimum Gasteiger partial charge on any atom is -0.355 e.